The van der Waals surface area contributed by atoms with E-state index < -0.39 is 59.7 Å². The summed E-state index contributed by atoms with van der Waals surface area (Å²) in [5, 5.41) is 25.4. The third kappa shape index (κ3) is 16.5. The van der Waals surface area contributed by atoms with Crippen LogP contribution in [-0.4, -0.2) is 89.0 Å². The van der Waals surface area contributed by atoms with E-state index in [1.54, 1.807) is 0 Å². The molecule has 0 rings (SSSR count). The van der Waals surface area contributed by atoms with Gasteiger partial charge < -0.3 is 54.8 Å². The number of primary amides is 1. The molecule has 0 aromatic rings. The van der Waals surface area contributed by atoms with Crippen molar-refractivity contribution in [3.05, 3.63) is 0 Å². The van der Waals surface area contributed by atoms with E-state index in [1.807, 2.05) is 0 Å². The fraction of sp³-hybridized carbons (Fsp3) is 0.682. The van der Waals surface area contributed by atoms with Crippen LogP contribution in [0.5, 0.6) is 0 Å². The fourth-order valence-electron chi connectivity index (χ4n) is 3.31. The van der Waals surface area contributed by atoms with Crippen LogP contribution in [0.15, 0.2) is 4.99 Å². The van der Waals surface area contributed by atoms with Gasteiger partial charge in [0.25, 0.3) is 0 Å². The Morgan fingerprint density at radius 2 is 1.23 bits per heavy atom. The largest absolute Gasteiger partial charge is 0.481 e. The van der Waals surface area contributed by atoms with Crippen LogP contribution < -0.4 is 44.6 Å². The number of aliphatic imine (C=N–C) groups is 1. The van der Waals surface area contributed by atoms with Gasteiger partial charge in [0, 0.05) is 19.4 Å². The summed E-state index contributed by atoms with van der Waals surface area (Å²) in [6, 6.07) is -5.10. The first-order chi connectivity index (χ1) is 18.3. The summed E-state index contributed by atoms with van der Waals surface area (Å²) in [5.74, 6) is -5.89. The Balaban J connectivity index is 5.66. The Bertz CT molecular complexity index is 880. The Kier molecular flexibility index (Phi) is 17.2. The molecular weight excluding hydrogens is 518 g/mol. The van der Waals surface area contributed by atoms with Crippen LogP contribution >= 0.6 is 0 Å². The van der Waals surface area contributed by atoms with Gasteiger partial charge in [0.15, 0.2) is 5.96 Å². The number of hydrogen-bond acceptors (Lipinski definition) is 9. The maximum atomic E-state index is 13.1. The number of nitrogens with one attached hydrogen (secondary N) is 3. The maximum Gasteiger partial charge on any atom is 0.326 e. The predicted molar refractivity (Wildman–Crippen MR) is 140 cm³/mol. The van der Waals surface area contributed by atoms with Gasteiger partial charge in [0.1, 0.15) is 18.1 Å². The zero-order valence-electron chi connectivity index (χ0n) is 21.8. The van der Waals surface area contributed by atoms with Crippen molar-refractivity contribution in [1.29, 1.82) is 0 Å². The quantitative estimate of drug-likeness (QED) is 0.0367. The summed E-state index contributed by atoms with van der Waals surface area (Å²) < 4.78 is 0. The summed E-state index contributed by atoms with van der Waals surface area (Å²) in [6.45, 7) is 0.454. The Hall–Kier alpha value is -3.99. The molecule has 0 aliphatic rings. The zero-order valence-corrected chi connectivity index (χ0v) is 21.8. The average molecular weight is 560 g/mol. The monoisotopic (exact) mass is 559 g/mol. The Morgan fingerprint density at radius 1 is 0.692 bits per heavy atom. The first-order valence-corrected chi connectivity index (χ1v) is 12.4. The molecule has 0 fully saturated rings. The van der Waals surface area contributed by atoms with Gasteiger partial charge in [-0.2, -0.15) is 0 Å². The molecule has 17 heteroatoms. The van der Waals surface area contributed by atoms with Gasteiger partial charge in [-0.3, -0.25) is 29.0 Å². The lowest BCUT2D eigenvalue weighted by Gasteiger charge is -2.25. The van der Waals surface area contributed by atoms with Gasteiger partial charge in [0.2, 0.25) is 23.6 Å². The van der Waals surface area contributed by atoms with Crippen molar-refractivity contribution in [3.63, 3.8) is 0 Å². The standard InChI is InChI=1S/C22H41N9O8/c23-10-2-1-4-15(21(38)39)31-20(37)14(7-8-16(25)32)30-19(36)13(5-3-11-28-22(26)27)29-18(35)12(24)6-9-17(33)34/h12-15H,1-11,23-24H2,(H2,25,32)(H,29,35)(H,30,36)(H,31,37)(H,33,34)(H,38,39)(H4,26,27,28). The minimum atomic E-state index is -1.36. The van der Waals surface area contributed by atoms with Crippen LogP contribution in [0.2, 0.25) is 0 Å². The molecule has 4 amide bonds. The Labute approximate surface area is 225 Å². The molecule has 0 bridgehead atoms. The van der Waals surface area contributed by atoms with E-state index in [2.05, 4.69) is 20.9 Å². The van der Waals surface area contributed by atoms with Gasteiger partial charge in [-0.1, -0.05) is 0 Å². The number of aliphatic carboxylic acids is 2. The van der Waals surface area contributed by atoms with Crippen molar-refractivity contribution in [2.24, 2.45) is 33.7 Å². The normalized spacial score (nSPS) is 13.7. The molecule has 0 aliphatic carbocycles. The van der Waals surface area contributed by atoms with Gasteiger partial charge in [-0.05, 0) is 51.5 Å². The summed E-state index contributed by atoms with van der Waals surface area (Å²) in [5.41, 5.74) is 26.9. The number of nitrogens with two attached hydrogens (primary N) is 5. The minimum absolute atomic E-state index is 0.000994. The molecule has 0 saturated heterocycles. The van der Waals surface area contributed by atoms with Crippen molar-refractivity contribution in [1.82, 2.24) is 16.0 Å². The van der Waals surface area contributed by atoms with Crippen molar-refractivity contribution in [2.45, 2.75) is 82.0 Å². The molecular formula is C22H41N9O8. The molecule has 0 aromatic heterocycles. The lowest BCUT2D eigenvalue weighted by Crippen LogP contribution is -2.57. The summed E-state index contributed by atoms with van der Waals surface area (Å²) in [7, 11) is 0. The highest BCUT2D eigenvalue weighted by Gasteiger charge is 2.30. The van der Waals surface area contributed by atoms with E-state index in [1.165, 1.54) is 0 Å². The second kappa shape index (κ2) is 19.1. The van der Waals surface area contributed by atoms with Crippen molar-refractivity contribution in [2.75, 3.05) is 13.1 Å². The number of amides is 4. The van der Waals surface area contributed by atoms with E-state index in [0.717, 1.165) is 0 Å². The van der Waals surface area contributed by atoms with Crippen LogP contribution in [0, 0.1) is 0 Å². The molecule has 39 heavy (non-hydrogen) atoms. The van der Waals surface area contributed by atoms with Gasteiger partial charge in [0.05, 0.1) is 6.04 Å². The maximum absolute atomic E-state index is 13.1. The molecule has 222 valence electrons. The number of carbonyl (C=O) groups excluding carboxylic acids is 4. The zero-order chi connectivity index (χ0) is 30.0. The molecule has 4 atom stereocenters. The molecule has 4 unspecified atom stereocenters. The van der Waals surface area contributed by atoms with Gasteiger partial charge in [-0.15, -0.1) is 0 Å². The first-order valence-electron chi connectivity index (χ1n) is 12.4. The van der Waals surface area contributed by atoms with Crippen molar-refractivity contribution in [3.8, 4) is 0 Å². The predicted octanol–water partition coefficient (Wildman–Crippen LogP) is -3.83. The number of hydrogen-bond donors (Lipinski definition) is 10. The second-order valence-electron chi connectivity index (χ2n) is 8.80. The third-order valence-corrected chi connectivity index (χ3v) is 5.46. The smallest absolute Gasteiger partial charge is 0.326 e. The Morgan fingerprint density at radius 3 is 1.74 bits per heavy atom. The number of rotatable bonds is 21. The average Bonchev–Trinajstić information content (AvgIpc) is 2.85. The lowest BCUT2D eigenvalue weighted by atomic mass is 10.0. The minimum Gasteiger partial charge on any atom is -0.481 e. The number of carboxylic acid groups (broad SMARTS) is 2. The number of nitrogens with zero attached hydrogens (tertiary/aromatic N) is 1. The third-order valence-electron chi connectivity index (χ3n) is 5.46. The molecule has 0 aromatic carbocycles. The molecule has 0 radical (unpaired) electrons. The van der Waals surface area contributed by atoms with E-state index in [4.69, 9.17) is 33.8 Å². The molecule has 0 spiro atoms. The van der Waals surface area contributed by atoms with Gasteiger partial charge in [-0.25, -0.2) is 4.79 Å². The van der Waals surface area contributed by atoms with Crippen LogP contribution in [0.25, 0.3) is 0 Å². The topological polar surface area (TPSA) is 321 Å². The van der Waals surface area contributed by atoms with Gasteiger partial charge >= 0.3 is 11.9 Å². The SMILES string of the molecule is NCCCCC(NC(=O)C(CCC(N)=O)NC(=O)C(CCCN=C(N)N)NC(=O)C(N)CCC(=O)O)C(=O)O. The number of carbonyl (C=O) groups is 6. The molecule has 0 heterocycles. The highest BCUT2D eigenvalue weighted by atomic mass is 16.4. The highest BCUT2D eigenvalue weighted by Crippen LogP contribution is 2.07. The molecule has 15 N–H and O–H groups in total. The summed E-state index contributed by atoms with van der Waals surface area (Å²) >= 11 is 0. The van der Waals surface area contributed by atoms with Crippen LogP contribution in [0.4, 0.5) is 0 Å². The summed E-state index contributed by atoms with van der Waals surface area (Å²) in [6.07, 6.45) is 0.179. The van der Waals surface area contributed by atoms with Crippen molar-refractivity contribution >= 4 is 41.5 Å². The van der Waals surface area contributed by atoms with Crippen molar-refractivity contribution < 1.29 is 39.0 Å². The first kappa shape index (κ1) is 35.0. The molecule has 17 nitrogen and oxygen atoms in total. The van der Waals surface area contributed by atoms with E-state index in [9.17, 15) is 33.9 Å². The van der Waals surface area contributed by atoms with Crippen LogP contribution in [-0.2, 0) is 28.8 Å². The fourth-order valence-corrected chi connectivity index (χ4v) is 3.31. The number of carboxylic acids is 2. The summed E-state index contributed by atoms with van der Waals surface area (Å²) in [4.78, 5) is 76.0. The van der Waals surface area contributed by atoms with Crippen LogP contribution in [0.1, 0.15) is 57.8 Å². The lowest BCUT2D eigenvalue weighted by molar-refractivity contribution is -0.142. The number of guanidine groups is 1. The highest BCUT2D eigenvalue weighted by molar-refractivity contribution is 5.94. The molecule has 0 saturated carbocycles. The number of unbranched alkanes of at least 4 members (excludes halogenated alkanes) is 1. The van der Waals surface area contributed by atoms with E-state index >= 15 is 0 Å². The molecule has 0 aliphatic heterocycles. The van der Waals surface area contributed by atoms with E-state index in [-0.39, 0.29) is 57.5 Å². The second-order valence-corrected chi connectivity index (χ2v) is 8.80. The van der Waals surface area contributed by atoms with E-state index in [0.29, 0.717) is 19.4 Å². The van der Waals surface area contributed by atoms with Crippen LogP contribution in [0.3, 0.4) is 0 Å².